The first kappa shape index (κ1) is 42.5. The third-order valence-corrected chi connectivity index (χ3v) is 13.4. The van der Waals surface area contributed by atoms with Crippen LogP contribution in [-0.4, -0.2) is 98.5 Å². The third-order valence-electron chi connectivity index (χ3n) is 13.4. The van der Waals surface area contributed by atoms with E-state index in [9.17, 15) is 19.2 Å². The molecular formula is C52H52N6O6. The zero-order chi connectivity index (χ0) is 43.8. The Bertz CT molecular complexity index is 2170. The Morgan fingerprint density at radius 1 is 0.422 bits per heavy atom. The summed E-state index contributed by atoms with van der Waals surface area (Å²) in [5, 5.41) is 8.73. The lowest BCUT2D eigenvalue weighted by atomic mass is 9.51. The van der Waals surface area contributed by atoms with Crippen LogP contribution in [0.1, 0.15) is 57.1 Å². The molecule has 4 amide bonds. The second kappa shape index (κ2) is 19.7. The van der Waals surface area contributed by atoms with Crippen molar-refractivity contribution in [3.8, 4) is 0 Å². The molecule has 326 valence electrons. The second-order valence-corrected chi connectivity index (χ2v) is 16.9. The van der Waals surface area contributed by atoms with Gasteiger partial charge in [-0.2, -0.15) is 10.2 Å². The SMILES string of the molecule is O=C(N/N=C/c1ccc(/C=N/NC(=O)C2C(c3ccccc3)C(C(=O)N3CCOCC3)C2c2ccccc2)cc1)C1C(c2ccccc2)C(C(=O)N2CCOCC2)C1c1ccccc1. The minimum absolute atomic E-state index is 0.0437. The summed E-state index contributed by atoms with van der Waals surface area (Å²) >= 11 is 0. The van der Waals surface area contributed by atoms with E-state index in [-0.39, 0.29) is 47.3 Å². The molecule has 4 aliphatic rings. The molecule has 2 saturated heterocycles. The number of nitrogens with one attached hydrogen (secondary N) is 2. The number of hydrogen-bond acceptors (Lipinski definition) is 8. The van der Waals surface area contributed by atoms with Gasteiger partial charge in [0.1, 0.15) is 0 Å². The van der Waals surface area contributed by atoms with Crippen molar-refractivity contribution >= 4 is 36.1 Å². The van der Waals surface area contributed by atoms with E-state index in [1.165, 1.54) is 0 Å². The van der Waals surface area contributed by atoms with E-state index in [1.807, 2.05) is 155 Å². The molecule has 2 saturated carbocycles. The van der Waals surface area contributed by atoms with Gasteiger partial charge in [0.15, 0.2) is 0 Å². The van der Waals surface area contributed by atoms with Gasteiger partial charge in [-0.1, -0.05) is 146 Å². The molecule has 64 heavy (non-hydrogen) atoms. The number of carbonyl (C=O) groups excluding carboxylic acids is 4. The highest BCUT2D eigenvalue weighted by molar-refractivity contribution is 5.92. The van der Waals surface area contributed by atoms with Crippen molar-refractivity contribution in [1.29, 1.82) is 0 Å². The number of morpholine rings is 2. The maximum absolute atomic E-state index is 14.2. The molecule has 2 N–H and O–H groups in total. The van der Waals surface area contributed by atoms with E-state index < -0.39 is 23.7 Å². The minimum atomic E-state index is -0.521. The highest BCUT2D eigenvalue weighted by Crippen LogP contribution is 2.59. The Balaban J connectivity index is 0.875. The van der Waals surface area contributed by atoms with Crippen LogP contribution in [0, 0.1) is 23.7 Å². The molecule has 2 heterocycles. The fraction of sp³-hybridized carbons (Fsp3) is 0.308. The lowest BCUT2D eigenvalue weighted by Crippen LogP contribution is -2.57. The number of hydrogen-bond donors (Lipinski definition) is 2. The van der Waals surface area contributed by atoms with Crippen LogP contribution >= 0.6 is 0 Å². The van der Waals surface area contributed by atoms with Crippen LogP contribution in [0.5, 0.6) is 0 Å². The number of amides is 4. The number of nitrogens with zero attached hydrogens (tertiary/aromatic N) is 4. The fourth-order valence-electron chi connectivity index (χ4n) is 10.3. The number of hydrazone groups is 2. The second-order valence-electron chi connectivity index (χ2n) is 16.9. The van der Waals surface area contributed by atoms with Crippen molar-refractivity contribution in [2.75, 3.05) is 52.6 Å². The Hall–Kier alpha value is -6.76. The Labute approximate surface area is 373 Å². The van der Waals surface area contributed by atoms with E-state index in [2.05, 4.69) is 21.1 Å². The molecule has 4 unspecified atom stereocenters. The number of carbonyl (C=O) groups is 4. The molecule has 5 aromatic rings. The highest BCUT2D eigenvalue weighted by atomic mass is 16.5. The molecule has 9 rings (SSSR count). The molecule has 0 aromatic heterocycles. The van der Waals surface area contributed by atoms with E-state index in [1.54, 1.807) is 12.4 Å². The molecule has 2 aliphatic carbocycles. The van der Waals surface area contributed by atoms with Crippen LogP contribution in [-0.2, 0) is 28.7 Å². The predicted molar refractivity (Wildman–Crippen MR) is 243 cm³/mol. The monoisotopic (exact) mass is 856 g/mol. The van der Waals surface area contributed by atoms with Crippen LogP contribution < -0.4 is 10.9 Å². The number of rotatable bonds is 12. The summed E-state index contributed by atoms with van der Waals surface area (Å²) in [5.74, 6) is -3.58. The van der Waals surface area contributed by atoms with Crippen molar-refractivity contribution in [2.24, 2.45) is 33.9 Å². The molecule has 0 spiro atoms. The maximum atomic E-state index is 14.2. The highest BCUT2D eigenvalue weighted by Gasteiger charge is 2.60. The quantitative estimate of drug-likeness (QED) is 0.118. The number of benzene rings is 5. The number of ether oxygens (including phenoxy) is 2. The smallest absolute Gasteiger partial charge is 0.244 e. The van der Waals surface area contributed by atoms with Crippen LogP contribution in [0.25, 0.3) is 0 Å². The molecule has 2 aliphatic heterocycles. The largest absolute Gasteiger partial charge is 0.378 e. The first-order valence-electron chi connectivity index (χ1n) is 22.2. The van der Waals surface area contributed by atoms with E-state index in [4.69, 9.17) is 9.47 Å². The summed E-state index contributed by atoms with van der Waals surface area (Å²) in [6.45, 7) is 4.12. The van der Waals surface area contributed by atoms with Gasteiger partial charge in [-0.15, -0.1) is 0 Å². The van der Waals surface area contributed by atoms with Gasteiger partial charge < -0.3 is 19.3 Å². The van der Waals surface area contributed by atoms with Gasteiger partial charge in [-0.25, -0.2) is 10.9 Å². The van der Waals surface area contributed by atoms with Crippen LogP contribution in [0.15, 0.2) is 156 Å². The summed E-state index contributed by atoms with van der Waals surface area (Å²) < 4.78 is 11.1. The van der Waals surface area contributed by atoms with Crippen molar-refractivity contribution in [3.05, 3.63) is 179 Å². The summed E-state index contributed by atoms with van der Waals surface area (Å²) in [7, 11) is 0. The first-order valence-corrected chi connectivity index (χ1v) is 22.2. The lowest BCUT2D eigenvalue weighted by molar-refractivity contribution is -0.152. The van der Waals surface area contributed by atoms with E-state index in [0.717, 1.165) is 33.4 Å². The van der Waals surface area contributed by atoms with Crippen molar-refractivity contribution in [1.82, 2.24) is 20.7 Å². The van der Waals surface area contributed by atoms with Crippen molar-refractivity contribution in [3.63, 3.8) is 0 Å². The van der Waals surface area contributed by atoms with Gasteiger partial charge in [-0.05, 0) is 33.4 Å². The minimum Gasteiger partial charge on any atom is -0.378 e. The Morgan fingerprint density at radius 2 is 0.703 bits per heavy atom. The average molecular weight is 857 g/mol. The third kappa shape index (κ3) is 8.89. The molecule has 4 fully saturated rings. The topological polar surface area (TPSA) is 142 Å². The molecule has 0 radical (unpaired) electrons. The van der Waals surface area contributed by atoms with Gasteiger partial charge in [0.05, 0.1) is 62.5 Å². The standard InChI is InChI=1S/C52H52N6O6/c59-49(45-41(37-13-5-1-6-14-37)47(42(45)38-15-7-2-8-16-38)51(61)57-25-29-63-30-26-57)55-53-33-35-21-23-36(24-22-35)34-54-56-50(60)46-43(39-17-9-3-10-18-39)48(44(46)40-19-11-4-12-20-40)52(62)58-27-31-64-32-28-58/h1-24,33-34,41-48H,25-32H2,(H,55,59)(H,56,60)/b53-33+,54-34+. The van der Waals surface area contributed by atoms with Crippen LogP contribution in [0.2, 0.25) is 0 Å². The van der Waals surface area contributed by atoms with Crippen LogP contribution in [0.3, 0.4) is 0 Å². The average Bonchev–Trinajstić information content (AvgIpc) is 3.33. The van der Waals surface area contributed by atoms with Gasteiger partial charge in [0.25, 0.3) is 0 Å². The van der Waals surface area contributed by atoms with Crippen LogP contribution in [0.4, 0.5) is 0 Å². The summed E-state index contributed by atoms with van der Waals surface area (Å²) in [6.07, 6.45) is 3.17. The molecule has 12 heteroatoms. The van der Waals surface area contributed by atoms with E-state index in [0.29, 0.717) is 52.6 Å². The molecular weight excluding hydrogens is 805 g/mol. The predicted octanol–water partition coefficient (Wildman–Crippen LogP) is 5.93. The van der Waals surface area contributed by atoms with Crippen molar-refractivity contribution < 1.29 is 28.7 Å². The zero-order valence-electron chi connectivity index (χ0n) is 35.5. The Kier molecular flexibility index (Phi) is 13.1. The molecule has 0 bridgehead atoms. The van der Waals surface area contributed by atoms with Gasteiger partial charge in [0.2, 0.25) is 23.6 Å². The summed E-state index contributed by atoms with van der Waals surface area (Å²) in [6, 6.07) is 46.6. The van der Waals surface area contributed by atoms with Gasteiger partial charge in [0, 0.05) is 49.9 Å². The zero-order valence-corrected chi connectivity index (χ0v) is 35.5. The molecule has 5 aromatic carbocycles. The first-order chi connectivity index (χ1) is 31.5. The van der Waals surface area contributed by atoms with E-state index >= 15 is 0 Å². The van der Waals surface area contributed by atoms with Gasteiger partial charge >= 0.3 is 0 Å². The van der Waals surface area contributed by atoms with Gasteiger partial charge in [-0.3, -0.25) is 19.2 Å². The Morgan fingerprint density at radius 3 is 0.984 bits per heavy atom. The summed E-state index contributed by atoms with van der Waals surface area (Å²) in [4.78, 5) is 60.3. The lowest BCUT2D eigenvalue weighted by Gasteiger charge is -2.52. The normalized spacial score (nSPS) is 25.6. The van der Waals surface area contributed by atoms with Crippen molar-refractivity contribution in [2.45, 2.75) is 23.7 Å². The maximum Gasteiger partial charge on any atom is 0.244 e. The molecule has 4 atom stereocenters. The fourth-order valence-corrected chi connectivity index (χ4v) is 10.3. The summed E-state index contributed by atoms with van der Waals surface area (Å²) in [5.41, 5.74) is 10.9. The molecule has 12 nitrogen and oxygen atoms in total.